The van der Waals surface area contributed by atoms with Crippen LogP contribution in [-0.4, -0.2) is 70.5 Å². The molecule has 43 heavy (non-hydrogen) atoms. The normalized spacial score (nSPS) is 10.8. The van der Waals surface area contributed by atoms with E-state index in [1.807, 2.05) is 18.6 Å². The van der Waals surface area contributed by atoms with E-state index < -0.39 is 27.8 Å². The number of pyridine rings is 1. The molecule has 0 unspecified atom stereocenters. The Hall–Kier alpha value is -4.98. The smallest absolute Gasteiger partial charge is 0.325 e. The predicted molar refractivity (Wildman–Crippen MR) is 154 cm³/mol. The molecule has 0 fully saturated rings. The minimum absolute atomic E-state index is 0.0789. The highest BCUT2D eigenvalue weighted by Crippen LogP contribution is 2.28. The Morgan fingerprint density at radius 3 is 2.09 bits per heavy atom. The van der Waals surface area contributed by atoms with Gasteiger partial charge < -0.3 is 24.8 Å². The first kappa shape index (κ1) is 32.5. The number of aromatic nitrogens is 1. The van der Waals surface area contributed by atoms with Gasteiger partial charge in [0.1, 0.15) is 12.2 Å². The summed E-state index contributed by atoms with van der Waals surface area (Å²) in [6, 6.07) is 13.3. The molecule has 3 amide bonds. The van der Waals surface area contributed by atoms with Crippen LogP contribution in [0.3, 0.4) is 0 Å². The summed E-state index contributed by atoms with van der Waals surface area (Å²) >= 11 is 0. The first-order chi connectivity index (χ1) is 20.6. The summed E-state index contributed by atoms with van der Waals surface area (Å²) in [7, 11) is -3.03. The molecule has 0 atom stereocenters. The minimum Gasteiger partial charge on any atom is -0.490 e. The molecule has 3 N–H and O–H groups in total. The van der Waals surface area contributed by atoms with Gasteiger partial charge in [0.15, 0.2) is 11.5 Å². The molecule has 13 nitrogen and oxygen atoms in total. The van der Waals surface area contributed by atoms with E-state index in [1.54, 1.807) is 30.3 Å². The van der Waals surface area contributed by atoms with Crippen molar-refractivity contribution in [2.75, 3.05) is 33.4 Å². The van der Waals surface area contributed by atoms with Crippen molar-refractivity contribution < 1.29 is 41.8 Å². The minimum atomic E-state index is -4.21. The van der Waals surface area contributed by atoms with Crippen molar-refractivity contribution in [1.29, 1.82) is 0 Å². The first-order valence-corrected chi connectivity index (χ1v) is 14.7. The molecule has 1 heterocycles. The summed E-state index contributed by atoms with van der Waals surface area (Å²) < 4.78 is 43.0. The van der Waals surface area contributed by atoms with Crippen LogP contribution in [0, 0.1) is 0 Å². The summed E-state index contributed by atoms with van der Waals surface area (Å²) in [6.45, 7) is 4.52. The van der Waals surface area contributed by atoms with Crippen LogP contribution in [0.2, 0.25) is 0 Å². The van der Waals surface area contributed by atoms with Crippen molar-refractivity contribution in [3.8, 4) is 11.5 Å². The topological polar surface area (TPSA) is 179 Å². The molecule has 0 spiro atoms. The molecule has 0 radical (unpaired) electrons. The highest BCUT2D eigenvalue weighted by atomic mass is 32.2. The third kappa shape index (κ3) is 9.26. The van der Waals surface area contributed by atoms with Gasteiger partial charge >= 0.3 is 5.97 Å². The maximum absolute atomic E-state index is 12.7. The molecule has 0 saturated heterocycles. The zero-order chi connectivity index (χ0) is 31.4. The van der Waals surface area contributed by atoms with Gasteiger partial charge in [0.25, 0.3) is 27.7 Å². The molecule has 0 aliphatic rings. The summed E-state index contributed by atoms with van der Waals surface area (Å²) in [5.41, 5.74) is 1.000. The van der Waals surface area contributed by atoms with Gasteiger partial charge in [-0.15, -0.1) is 0 Å². The molecule has 14 heteroatoms. The molecular formula is C29H32N4O9S. The molecular weight excluding hydrogens is 580 g/mol. The summed E-state index contributed by atoms with van der Waals surface area (Å²) in [5.74, 6) is -1.52. The van der Waals surface area contributed by atoms with Gasteiger partial charge in [-0.05, 0) is 68.3 Å². The second kappa shape index (κ2) is 15.3. The van der Waals surface area contributed by atoms with Crippen LogP contribution < -0.4 is 24.8 Å². The molecule has 3 rings (SSSR count). The number of hydrogen-bond donors (Lipinski definition) is 3. The van der Waals surface area contributed by atoms with E-state index in [2.05, 4.69) is 20.4 Å². The highest BCUT2D eigenvalue weighted by Gasteiger charge is 2.20. The standard InChI is InChI=1S/C29H32N4O9S/c1-4-41-24-13-9-20(16-25(24)42-5-2)27(35)30-15-14-19-6-10-22(11-7-19)43(38,39)33-28(36)21-8-12-23(31-17-21)29(37)32-18-26(34)40-3/h6-13,16-17H,4-5,14-15,18H2,1-3H3,(H,30,35)(H,32,37)(H,33,36). The lowest BCUT2D eigenvalue weighted by Gasteiger charge is -2.12. The van der Waals surface area contributed by atoms with Crippen molar-refractivity contribution in [2.45, 2.75) is 25.2 Å². The number of carbonyl (C=O) groups is 4. The van der Waals surface area contributed by atoms with Gasteiger partial charge in [-0.3, -0.25) is 24.2 Å². The van der Waals surface area contributed by atoms with Crippen molar-refractivity contribution in [1.82, 2.24) is 20.3 Å². The summed E-state index contributed by atoms with van der Waals surface area (Å²) in [4.78, 5) is 52.0. The molecule has 0 bridgehead atoms. The number of hydrogen-bond acceptors (Lipinski definition) is 10. The number of rotatable bonds is 14. The first-order valence-electron chi connectivity index (χ1n) is 13.2. The molecule has 2 aromatic carbocycles. The van der Waals surface area contributed by atoms with Gasteiger partial charge in [-0.2, -0.15) is 0 Å². The van der Waals surface area contributed by atoms with E-state index in [9.17, 15) is 27.6 Å². The van der Waals surface area contributed by atoms with Crippen molar-refractivity contribution in [3.63, 3.8) is 0 Å². The third-order valence-corrected chi connectivity index (χ3v) is 7.19. The lowest BCUT2D eigenvalue weighted by molar-refractivity contribution is -0.139. The number of esters is 1. The van der Waals surface area contributed by atoms with Crippen LogP contribution in [0.25, 0.3) is 0 Å². The van der Waals surface area contributed by atoms with E-state index in [0.717, 1.165) is 11.8 Å². The Bertz CT molecular complexity index is 1560. The zero-order valence-corrected chi connectivity index (χ0v) is 24.7. The summed E-state index contributed by atoms with van der Waals surface area (Å²) in [6.07, 6.45) is 1.47. The maximum atomic E-state index is 12.7. The van der Waals surface area contributed by atoms with E-state index in [4.69, 9.17) is 9.47 Å². The predicted octanol–water partition coefficient (Wildman–Crippen LogP) is 1.87. The van der Waals surface area contributed by atoms with Gasteiger partial charge in [-0.25, -0.2) is 13.1 Å². The number of sulfonamides is 1. The van der Waals surface area contributed by atoms with E-state index in [0.29, 0.717) is 43.2 Å². The molecule has 3 aromatic rings. The molecule has 0 saturated carbocycles. The van der Waals surface area contributed by atoms with Crippen molar-refractivity contribution >= 4 is 33.7 Å². The Morgan fingerprint density at radius 1 is 0.791 bits per heavy atom. The maximum Gasteiger partial charge on any atom is 0.325 e. The van der Waals surface area contributed by atoms with Crippen LogP contribution in [0.4, 0.5) is 0 Å². The lowest BCUT2D eigenvalue weighted by atomic mass is 10.1. The van der Waals surface area contributed by atoms with E-state index in [-0.39, 0.29) is 28.6 Å². The Kier molecular flexibility index (Phi) is 11.6. The molecule has 0 aliphatic carbocycles. The fourth-order valence-corrected chi connectivity index (χ4v) is 4.64. The van der Waals surface area contributed by atoms with Crippen LogP contribution >= 0.6 is 0 Å². The number of nitrogens with zero attached hydrogens (tertiary/aromatic N) is 1. The highest BCUT2D eigenvalue weighted by molar-refractivity contribution is 7.90. The van der Waals surface area contributed by atoms with Crippen molar-refractivity contribution in [2.24, 2.45) is 0 Å². The van der Waals surface area contributed by atoms with Crippen LogP contribution in [-0.2, 0) is 26.0 Å². The number of benzene rings is 2. The monoisotopic (exact) mass is 612 g/mol. The Labute approximate surface area is 249 Å². The fraction of sp³-hybridized carbons (Fsp3) is 0.276. The lowest BCUT2D eigenvalue weighted by Crippen LogP contribution is -2.32. The number of nitrogens with one attached hydrogen (secondary N) is 3. The SMILES string of the molecule is CCOc1ccc(C(=O)NCCc2ccc(S(=O)(=O)NC(=O)c3ccc(C(=O)NCC(=O)OC)nc3)cc2)cc1OCC. The average Bonchev–Trinajstić information content (AvgIpc) is 3.00. The fourth-order valence-electron chi connectivity index (χ4n) is 3.67. The molecule has 0 aliphatic heterocycles. The largest absolute Gasteiger partial charge is 0.490 e. The van der Waals surface area contributed by atoms with Gasteiger partial charge in [0.05, 0.1) is 30.8 Å². The number of methoxy groups -OCH3 is 1. The Morgan fingerprint density at radius 2 is 1.47 bits per heavy atom. The second-order valence-electron chi connectivity index (χ2n) is 8.80. The van der Waals surface area contributed by atoms with Gasteiger partial charge in [0, 0.05) is 18.3 Å². The number of ether oxygens (including phenoxy) is 3. The molecule has 1 aromatic heterocycles. The van der Waals surface area contributed by atoms with Crippen LogP contribution in [0.1, 0.15) is 50.6 Å². The third-order valence-electron chi connectivity index (χ3n) is 5.84. The average molecular weight is 613 g/mol. The van der Waals surface area contributed by atoms with Crippen molar-refractivity contribution in [3.05, 3.63) is 83.2 Å². The zero-order valence-electron chi connectivity index (χ0n) is 23.8. The summed E-state index contributed by atoms with van der Waals surface area (Å²) in [5, 5.41) is 5.12. The van der Waals surface area contributed by atoms with Crippen LogP contribution in [0.5, 0.6) is 11.5 Å². The van der Waals surface area contributed by atoms with Crippen LogP contribution in [0.15, 0.2) is 65.7 Å². The van der Waals surface area contributed by atoms with E-state index in [1.165, 1.54) is 31.4 Å². The van der Waals surface area contributed by atoms with Gasteiger partial charge in [-0.1, -0.05) is 12.1 Å². The molecule has 228 valence electrons. The second-order valence-corrected chi connectivity index (χ2v) is 10.5. The Balaban J connectivity index is 1.54. The van der Waals surface area contributed by atoms with Gasteiger partial charge in [0.2, 0.25) is 0 Å². The number of amides is 3. The number of carbonyl (C=O) groups excluding carboxylic acids is 4. The van der Waals surface area contributed by atoms with E-state index >= 15 is 0 Å². The quantitative estimate of drug-likeness (QED) is 0.228.